The number of nitrogens with zero attached hydrogens (tertiary/aromatic N) is 1. The second kappa shape index (κ2) is 6.09. The molecule has 7 atom stereocenters. The number of nitrogens with one attached hydrogen (secondary N) is 1. The Morgan fingerprint density at radius 2 is 1.97 bits per heavy atom. The highest BCUT2D eigenvalue weighted by molar-refractivity contribution is 5.94. The summed E-state index contributed by atoms with van der Waals surface area (Å²) in [5.74, 6) is 1.25. The first kappa shape index (κ1) is 20.3. The molecule has 0 bridgehead atoms. The summed E-state index contributed by atoms with van der Waals surface area (Å²) in [7, 11) is 1.75. The van der Waals surface area contributed by atoms with E-state index in [1.54, 1.807) is 7.11 Å². The van der Waals surface area contributed by atoms with E-state index in [9.17, 15) is 9.59 Å². The molecule has 2 aromatic carbocycles. The molecule has 8 rings (SSSR count). The molecule has 6 heteroatoms. The molecular formula is C29H31N3O3. The van der Waals surface area contributed by atoms with Gasteiger partial charge in [-0.15, -0.1) is 0 Å². The van der Waals surface area contributed by atoms with Crippen molar-refractivity contribution < 1.29 is 14.3 Å². The third-order valence-corrected chi connectivity index (χ3v) is 11.5. The first-order valence-electron chi connectivity index (χ1n) is 13.0. The van der Waals surface area contributed by atoms with Gasteiger partial charge in [0.15, 0.2) is 0 Å². The molecule has 4 saturated carbocycles. The molecular weight excluding hydrogens is 438 g/mol. The molecule has 3 N–H and O–H groups in total. The minimum Gasteiger partial charge on any atom is -0.497 e. The number of carbonyl (C=O) groups excluding carboxylic acids is 2. The van der Waals surface area contributed by atoms with Gasteiger partial charge in [0.2, 0.25) is 5.91 Å². The fourth-order valence-electron chi connectivity index (χ4n) is 11.0. The Kier molecular flexibility index (Phi) is 3.54. The van der Waals surface area contributed by atoms with E-state index in [1.165, 1.54) is 24.0 Å². The highest BCUT2D eigenvalue weighted by Gasteiger charge is 3.05. The van der Waals surface area contributed by atoms with E-state index in [4.69, 9.17) is 10.5 Å². The van der Waals surface area contributed by atoms with Crippen LogP contribution >= 0.6 is 0 Å². The maximum atomic E-state index is 13.1. The van der Waals surface area contributed by atoms with E-state index < -0.39 is 0 Å². The lowest BCUT2D eigenvalue weighted by atomic mass is 9.03. The van der Waals surface area contributed by atoms with Crippen LogP contribution < -0.4 is 15.8 Å². The van der Waals surface area contributed by atoms with Gasteiger partial charge in [-0.1, -0.05) is 24.3 Å². The number of ether oxygens (including phenoxy) is 1. The molecule has 0 radical (unpaired) electrons. The lowest BCUT2D eigenvalue weighted by Gasteiger charge is -3.03. The van der Waals surface area contributed by atoms with Crippen molar-refractivity contribution in [1.29, 1.82) is 0 Å². The van der Waals surface area contributed by atoms with Crippen LogP contribution in [0.4, 0.5) is 0 Å². The smallest absolute Gasteiger partial charge is 0.251 e. The van der Waals surface area contributed by atoms with Gasteiger partial charge in [0.1, 0.15) is 5.75 Å². The van der Waals surface area contributed by atoms with Crippen LogP contribution in [0.5, 0.6) is 5.75 Å². The van der Waals surface area contributed by atoms with Gasteiger partial charge in [0.25, 0.3) is 5.91 Å². The number of hydrogen-bond acceptors (Lipinski definition) is 4. The third-order valence-electron chi connectivity index (χ3n) is 11.5. The first-order valence-corrected chi connectivity index (χ1v) is 13.0. The number of piperidine rings is 1. The van der Waals surface area contributed by atoms with Crippen molar-refractivity contribution >= 4 is 11.8 Å². The summed E-state index contributed by atoms with van der Waals surface area (Å²) < 4.78 is 5.69. The summed E-state index contributed by atoms with van der Waals surface area (Å²) in [6.07, 6.45) is 5.11. The SMILES string of the molecule is COc1ccc2c(c1)C13C4C(NC(=O)c5ccccc5)CC45CCC51C1N(CCC(N)=O)CC13C2. The molecule has 35 heavy (non-hydrogen) atoms. The topological polar surface area (TPSA) is 84.7 Å². The van der Waals surface area contributed by atoms with Crippen LogP contribution in [-0.4, -0.2) is 49.0 Å². The van der Waals surface area contributed by atoms with E-state index in [0.717, 1.165) is 37.2 Å². The molecule has 7 unspecified atom stereocenters. The lowest BCUT2D eigenvalue weighted by molar-refractivity contribution is -0.519. The van der Waals surface area contributed by atoms with Crippen LogP contribution in [0.15, 0.2) is 48.5 Å². The Hall–Kier alpha value is -2.86. The van der Waals surface area contributed by atoms with E-state index in [0.29, 0.717) is 23.8 Å². The number of primary amides is 1. The van der Waals surface area contributed by atoms with Crippen LogP contribution in [0.1, 0.15) is 47.2 Å². The number of nitrogens with two attached hydrogens (primary N) is 1. The van der Waals surface area contributed by atoms with E-state index >= 15 is 0 Å². The highest BCUT2D eigenvalue weighted by Crippen LogP contribution is 3.02. The normalized spacial score (nSPS) is 42.5. The highest BCUT2D eigenvalue weighted by atomic mass is 16.5. The maximum Gasteiger partial charge on any atom is 0.251 e. The number of carbonyl (C=O) groups is 2. The van der Waals surface area contributed by atoms with Gasteiger partial charge in [-0.05, 0) is 72.4 Å². The van der Waals surface area contributed by atoms with Crippen LogP contribution in [-0.2, 0) is 16.6 Å². The fraction of sp³-hybridized carbons (Fsp3) is 0.517. The quantitative estimate of drug-likeness (QED) is 0.681. The number of hydrogen-bond donors (Lipinski definition) is 2. The van der Waals surface area contributed by atoms with E-state index in [1.807, 2.05) is 30.3 Å². The van der Waals surface area contributed by atoms with Gasteiger partial charge in [-0.25, -0.2) is 0 Å². The Labute approximate surface area is 205 Å². The summed E-state index contributed by atoms with van der Waals surface area (Å²) in [5.41, 5.74) is 10.1. The number of amides is 2. The number of likely N-dealkylation sites (tertiary alicyclic amines) is 1. The average molecular weight is 470 g/mol. The van der Waals surface area contributed by atoms with E-state index in [2.05, 4.69) is 28.4 Å². The molecule has 1 heterocycles. The molecule has 180 valence electrons. The second-order valence-corrected chi connectivity index (χ2v) is 12.0. The zero-order valence-corrected chi connectivity index (χ0v) is 20.0. The van der Waals surface area contributed by atoms with Gasteiger partial charge in [0, 0.05) is 53.4 Å². The summed E-state index contributed by atoms with van der Waals surface area (Å²) in [5, 5.41) is 3.45. The molecule has 1 aliphatic heterocycles. The van der Waals surface area contributed by atoms with Crippen molar-refractivity contribution in [2.75, 3.05) is 20.2 Å². The monoisotopic (exact) mass is 469 g/mol. The van der Waals surface area contributed by atoms with Gasteiger partial charge >= 0.3 is 0 Å². The van der Waals surface area contributed by atoms with Gasteiger partial charge in [-0.3, -0.25) is 14.5 Å². The molecule has 6 aliphatic rings. The zero-order chi connectivity index (χ0) is 23.8. The Balaban J connectivity index is 1.20. The molecule has 4 spiro atoms. The summed E-state index contributed by atoms with van der Waals surface area (Å²) in [6, 6.07) is 17.0. The van der Waals surface area contributed by atoms with Crippen molar-refractivity contribution in [3.05, 3.63) is 65.2 Å². The molecule has 6 nitrogen and oxygen atoms in total. The van der Waals surface area contributed by atoms with Gasteiger partial charge in [0.05, 0.1) is 7.11 Å². The predicted octanol–water partition coefficient (Wildman–Crippen LogP) is 2.65. The number of benzene rings is 2. The minimum atomic E-state index is -0.212. The second-order valence-electron chi connectivity index (χ2n) is 12.0. The predicted molar refractivity (Wildman–Crippen MR) is 130 cm³/mol. The first-order chi connectivity index (χ1) is 16.9. The molecule has 0 aromatic heterocycles. The molecule has 5 fully saturated rings. The number of fused-ring (bicyclic) bond motifs is 1. The fourth-order valence-corrected chi connectivity index (χ4v) is 11.0. The Bertz CT molecular complexity index is 1310. The largest absolute Gasteiger partial charge is 0.497 e. The van der Waals surface area contributed by atoms with Crippen molar-refractivity contribution in [1.82, 2.24) is 10.2 Å². The Morgan fingerprint density at radius 1 is 1.14 bits per heavy atom. The van der Waals surface area contributed by atoms with Crippen molar-refractivity contribution in [3.8, 4) is 5.75 Å². The zero-order valence-electron chi connectivity index (χ0n) is 20.0. The van der Waals surface area contributed by atoms with Crippen LogP contribution in [0.2, 0.25) is 0 Å². The standard InChI is InChI=1S/C29H31N3O3/c1-35-19-8-7-18-14-27-16-32(12-9-22(30)33)25(27)28-11-10-26(28)15-21(23(26)29(27,28)20(18)13-19)31-24(34)17-5-3-2-4-6-17/h2-8,13,21,23,25H,9-12,14-16H2,1H3,(H2,30,33)(H,31,34). The lowest BCUT2D eigenvalue weighted by Crippen LogP contribution is -3.07. The van der Waals surface area contributed by atoms with Gasteiger partial charge < -0.3 is 15.8 Å². The Morgan fingerprint density at radius 3 is 2.69 bits per heavy atom. The number of methoxy groups -OCH3 is 1. The average Bonchev–Trinajstić information content (AvgIpc) is 3.10. The van der Waals surface area contributed by atoms with Crippen molar-refractivity contribution in [3.63, 3.8) is 0 Å². The maximum absolute atomic E-state index is 13.1. The molecule has 1 saturated heterocycles. The summed E-state index contributed by atoms with van der Waals surface area (Å²) in [4.78, 5) is 27.3. The van der Waals surface area contributed by atoms with Gasteiger partial charge in [-0.2, -0.15) is 0 Å². The van der Waals surface area contributed by atoms with Crippen LogP contribution in [0, 0.1) is 22.2 Å². The van der Waals surface area contributed by atoms with E-state index in [-0.39, 0.29) is 34.1 Å². The summed E-state index contributed by atoms with van der Waals surface area (Å²) >= 11 is 0. The number of rotatable bonds is 6. The van der Waals surface area contributed by atoms with Crippen LogP contribution in [0.3, 0.4) is 0 Å². The van der Waals surface area contributed by atoms with Crippen molar-refractivity contribution in [2.24, 2.45) is 27.9 Å². The minimum absolute atomic E-state index is 0.0455. The third kappa shape index (κ3) is 1.83. The molecule has 2 amide bonds. The van der Waals surface area contributed by atoms with Crippen LogP contribution in [0.25, 0.3) is 0 Å². The molecule has 2 aromatic rings. The molecule has 5 aliphatic carbocycles. The summed E-state index contributed by atoms with van der Waals surface area (Å²) in [6.45, 7) is 1.80. The van der Waals surface area contributed by atoms with Crippen molar-refractivity contribution in [2.45, 2.75) is 49.6 Å².